The van der Waals surface area contributed by atoms with E-state index < -0.39 is 6.04 Å². The van der Waals surface area contributed by atoms with Gasteiger partial charge in [-0.1, -0.05) is 30.3 Å². The molecule has 0 bridgehead atoms. The number of nitrogens with two attached hydrogens (primary N) is 1. The fourth-order valence-corrected chi connectivity index (χ4v) is 8.33. The molecule has 3 aromatic rings. The summed E-state index contributed by atoms with van der Waals surface area (Å²) < 4.78 is 1.41. The minimum atomic E-state index is -0.862. The maximum atomic E-state index is 14.0. The summed E-state index contributed by atoms with van der Waals surface area (Å²) >= 11 is 7.03. The summed E-state index contributed by atoms with van der Waals surface area (Å²) in [5.74, 6) is 0.255. The van der Waals surface area contributed by atoms with Crippen LogP contribution in [0.4, 0.5) is 32.3 Å². The number of fused-ring (bicyclic) bond motifs is 1. The maximum absolute atomic E-state index is 14.0. The summed E-state index contributed by atoms with van der Waals surface area (Å²) in [6.07, 6.45) is 4.61. The Hall–Kier alpha value is -3.81. The van der Waals surface area contributed by atoms with Crippen LogP contribution in [0.5, 0.6) is 0 Å². The lowest BCUT2D eigenvalue weighted by atomic mass is 9.97. The quantitative estimate of drug-likeness (QED) is 0.160. The van der Waals surface area contributed by atoms with Gasteiger partial charge in [-0.05, 0) is 131 Å². The summed E-state index contributed by atoms with van der Waals surface area (Å²) in [5, 5.41) is 12.8. The molecule has 3 aromatic carbocycles. The van der Waals surface area contributed by atoms with Crippen LogP contribution in [0.1, 0.15) is 36.8 Å². The Morgan fingerprint density at radius 3 is 2.30 bits per heavy atom. The van der Waals surface area contributed by atoms with Crippen LogP contribution in [0, 0.1) is 5.92 Å². The van der Waals surface area contributed by atoms with Gasteiger partial charge < -0.3 is 41.7 Å². The Morgan fingerprint density at radius 1 is 0.920 bits per heavy atom. The molecule has 1 atom stereocenters. The maximum Gasteiger partial charge on any atom is 0.322 e. The SMILES string of the molecule is CN1CCC(CNc2ccccc2NC(=O)[C@@H](Cc2cc(Br)c(N)c(Br)c2)NC(=O)N2CCC(N3CCc4ccccc4NC3=O)CC2)CC1. The molecule has 266 valence electrons. The minimum absolute atomic E-state index is 0.0236. The Bertz CT molecular complexity index is 1670. The molecule has 5 amide bonds. The second kappa shape index (κ2) is 16.5. The van der Waals surface area contributed by atoms with Crippen molar-refractivity contribution in [3.8, 4) is 0 Å². The van der Waals surface area contributed by atoms with Crippen molar-refractivity contribution < 1.29 is 14.4 Å². The van der Waals surface area contributed by atoms with Crippen molar-refractivity contribution in [2.24, 2.45) is 5.92 Å². The lowest BCUT2D eigenvalue weighted by molar-refractivity contribution is -0.118. The number of para-hydroxylation sites is 3. The molecule has 3 heterocycles. The van der Waals surface area contributed by atoms with Gasteiger partial charge in [0.25, 0.3) is 0 Å². The molecule has 6 rings (SSSR count). The Morgan fingerprint density at radius 2 is 1.58 bits per heavy atom. The highest BCUT2D eigenvalue weighted by atomic mass is 79.9. The van der Waals surface area contributed by atoms with Gasteiger partial charge in [0.05, 0.1) is 17.1 Å². The molecule has 2 saturated heterocycles. The topological polar surface area (TPSA) is 135 Å². The molecule has 3 aliphatic rings. The molecule has 0 spiro atoms. The van der Waals surface area contributed by atoms with Crippen LogP contribution in [0.25, 0.3) is 0 Å². The zero-order valence-electron chi connectivity index (χ0n) is 28.4. The molecule has 2 fully saturated rings. The predicted molar refractivity (Wildman–Crippen MR) is 207 cm³/mol. The Labute approximate surface area is 311 Å². The second-order valence-electron chi connectivity index (χ2n) is 13.6. The fourth-order valence-electron chi connectivity index (χ4n) is 7.05. The smallest absolute Gasteiger partial charge is 0.322 e. The van der Waals surface area contributed by atoms with Crippen LogP contribution in [0.2, 0.25) is 0 Å². The first-order chi connectivity index (χ1) is 24.1. The first-order valence-electron chi connectivity index (χ1n) is 17.4. The van der Waals surface area contributed by atoms with Crippen molar-refractivity contribution in [1.29, 1.82) is 0 Å². The van der Waals surface area contributed by atoms with Gasteiger partial charge in [0, 0.05) is 53.3 Å². The molecule has 3 aliphatic heterocycles. The first kappa shape index (κ1) is 36.0. The fraction of sp³-hybridized carbons (Fsp3) is 0.432. The van der Waals surface area contributed by atoms with Crippen LogP contribution in [-0.4, -0.2) is 91.1 Å². The third kappa shape index (κ3) is 8.91. The monoisotopic (exact) mass is 808 g/mol. The summed E-state index contributed by atoms with van der Waals surface area (Å²) in [6.45, 7) is 4.58. The number of nitrogen functional groups attached to an aromatic ring is 1. The highest BCUT2D eigenvalue weighted by Gasteiger charge is 2.33. The first-order valence-corrected chi connectivity index (χ1v) is 19.0. The number of benzene rings is 3. The second-order valence-corrected chi connectivity index (χ2v) is 15.3. The normalized spacial score (nSPS) is 18.1. The van der Waals surface area contributed by atoms with Gasteiger partial charge >= 0.3 is 12.1 Å². The van der Waals surface area contributed by atoms with Gasteiger partial charge in [0.1, 0.15) is 6.04 Å². The van der Waals surface area contributed by atoms with Gasteiger partial charge in [0.2, 0.25) is 5.91 Å². The number of urea groups is 2. The van der Waals surface area contributed by atoms with Crippen LogP contribution in [-0.2, 0) is 17.6 Å². The zero-order valence-corrected chi connectivity index (χ0v) is 31.6. The van der Waals surface area contributed by atoms with E-state index in [1.165, 1.54) is 0 Å². The van der Waals surface area contributed by atoms with E-state index in [-0.39, 0.29) is 30.4 Å². The summed E-state index contributed by atoms with van der Waals surface area (Å²) in [4.78, 5) is 46.9. The van der Waals surface area contributed by atoms with Crippen molar-refractivity contribution >= 4 is 72.6 Å². The summed E-state index contributed by atoms with van der Waals surface area (Å²) in [5.41, 5.74) is 11.0. The van der Waals surface area contributed by atoms with E-state index in [1.54, 1.807) is 4.90 Å². The van der Waals surface area contributed by atoms with Crippen LogP contribution < -0.4 is 27.0 Å². The zero-order chi connectivity index (χ0) is 35.2. The molecule has 0 aromatic heterocycles. The molecule has 0 unspecified atom stereocenters. The summed E-state index contributed by atoms with van der Waals surface area (Å²) in [6, 6.07) is 18.1. The lowest BCUT2D eigenvalue weighted by Crippen LogP contribution is -2.55. The minimum Gasteiger partial charge on any atom is -0.397 e. The number of anilines is 4. The van der Waals surface area contributed by atoms with E-state index in [0.29, 0.717) is 58.7 Å². The van der Waals surface area contributed by atoms with E-state index in [0.717, 1.165) is 61.4 Å². The van der Waals surface area contributed by atoms with Crippen LogP contribution >= 0.6 is 31.9 Å². The standard InChI is InChI=1S/C37H46Br2N8O3/c1-45-15-10-24(11-16-45)23-41-31-8-4-5-9-32(31)42-35(48)33(22-25-20-28(38)34(40)29(39)21-25)44-36(49)46-17-13-27(14-18-46)47-19-12-26-6-2-3-7-30(26)43-37(47)50/h2-9,20-21,24,27,33,41H,10-19,22-23,40H2,1H3,(H,42,48)(H,43,50)(H,44,49)/t33-/m1/s1. The number of hydrogen-bond acceptors (Lipinski definition) is 6. The van der Waals surface area contributed by atoms with Crippen molar-refractivity contribution in [2.75, 3.05) is 68.0 Å². The van der Waals surface area contributed by atoms with E-state index in [1.807, 2.05) is 65.6 Å². The number of nitrogens with one attached hydrogen (secondary N) is 4. The number of carbonyl (C=O) groups excluding carboxylic acids is 3. The molecule has 0 saturated carbocycles. The van der Waals surface area contributed by atoms with E-state index in [9.17, 15) is 14.4 Å². The van der Waals surface area contributed by atoms with Gasteiger partial charge in [-0.2, -0.15) is 0 Å². The third-order valence-electron chi connectivity index (χ3n) is 10.1. The lowest BCUT2D eigenvalue weighted by Gasteiger charge is -2.38. The molecular formula is C37H46Br2N8O3. The molecule has 6 N–H and O–H groups in total. The van der Waals surface area contributed by atoms with Gasteiger partial charge in [-0.25, -0.2) is 9.59 Å². The molecule has 0 aliphatic carbocycles. The molecule has 11 nitrogen and oxygen atoms in total. The number of nitrogens with zero attached hydrogens (tertiary/aromatic N) is 3. The van der Waals surface area contributed by atoms with Crippen molar-refractivity contribution in [1.82, 2.24) is 20.0 Å². The van der Waals surface area contributed by atoms with E-state index in [4.69, 9.17) is 5.73 Å². The largest absolute Gasteiger partial charge is 0.397 e. The molecular weight excluding hydrogens is 764 g/mol. The highest BCUT2D eigenvalue weighted by Crippen LogP contribution is 2.31. The highest BCUT2D eigenvalue weighted by molar-refractivity contribution is 9.11. The number of likely N-dealkylation sites (tertiary alicyclic amines) is 2. The van der Waals surface area contributed by atoms with Crippen molar-refractivity contribution in [3.63, 3.8) is 0 Å². The summed E-state index contributed by atoms with van der Waals surface area (Å²) in [7, 11) is 2.16. The van der Waals surface area contributed by atoms with Crippen molar-refractivity contribution in [2.45, 2.75) is 50.6 Å². The van der Waals surface area contributed by atoms with Gasteiger partial charge in [-0.3, -0.25) is 4.79 Å². The van der Waals surface area contributed by atoms with Crippen LogP contribution in [0.3, 0.4) is 0 Å². The van der Waals surface area contributed by atoms with Gasteiger partial charge in [-0.15, -0.1) is 0 Å². The Balaban J connectivity index is 1.11. The number of carbonyl (C=O) groups is 3. The van der Waals surface area contributed by atoms with Crippen molar-refractivity contribution in [3.05, 3.63) is 80.7 Å². The third-order valence-corrected chi connectivity index (χ3v) is 11.4. The van der Waals surface area contributed by atoms with Crippen LogP contribution in [0.15, 0.2) is 69.6 Å². The molecule has 0 radical (unpaired) electrons. The number of halogens is 2. The Kier molecular flexibility index (Phi) is 11.9. The number of amides is 5. The number of hydrogen-bond donors (Lipinski definition) is 5. The number of rotatable bonds is 9. The average molecular weight is 811 g/mol. The van der Waals surface area contributed by atoms with E-state index >= 15 is 0 Å². The predicted octanol–water partition coefficient (Wildman–Crippen LogP) is 6.36. The average Bonchev–Trinajstić information content (AvgIpc) is 3.28. The van der Waals surface area contributed by atoms with Gasteiger partial charge in [0.15, 0.2) is 0 Å². The number of piperidine rings is 2. The van der Waals surface area contributed by atoms with E-state index in [2.05, 4.69) is 65.1 Å². The molecule has 13 heteroatoms. The molecule has 50 heavy (non-hydrogen) atoms.